The van der Waals surface area contributed by atoms with Gasteiger partial charge in [0.25, 0.3) is 0 Å². The van der Waals surface area contributed by atoms with E-state index in [0.717, 1.165) is 12.8 Å². The molecule has 0 radical (unpaired) electrons. The summed E-state index contributed by atoms with van der Waals surface area (Å²) in [7, 11) is 0. The lowest BCUT2D eigenvalue weighted by Gasteiger charge is -2.42. The third-order valence-electron chi connectivity index (χ3n) is 4.05. The Morgan fingerprint density at radius 2 is 2.19 bits per heavy atom. The van der Waals surface area contributed by atoms with Crippen molar-refractivity contribution in [3.8, 4) is 6.07 Å². The average Bonchev–Trinajstić information content (AvgIpc) is 2.23. The summed E-state index contributed by atoms with van der Waals surface area (Å²) in [6.45, 7) is 6.08. The van der Waals surface area contributed by atoms with Crippen molar-refractivity contribution < 1.29 is 4.79 Å². The molecule has 0 bridgehead atoms. The molecule has 16 heavy (non-hydrogen) atoms. The first kappa shape index (κ1) is 11.1. The van der Waals surface area contributed by atoms with Crippen LogP contribution in [0.5, 0.6) is 0 Å². The zero-order valence-electron chi connectivity index (χ0n) is 10.1. The number of fused-ring (bicyclic) bond motifs is 1. The molecule has 2 heteroatoms. The number of rotatable bonds is 0. The monoisotopic (exact) mass is 215 g/mol. The van der Waals surface area contributed by atoms with Gasteiger partial charge in [0.2, 0.25) is 0 Å². The van der Waals surface area contributed by atoms with Crippen molar-refractivity contribution >= 4 is 5.78 Å². The lowest BCUT2D eigenvalue weighted by molar-refractivity contribution is -0.127. The zero-order valence-corrected chi connectivity index (χ0v) is 10.1. The van der Waals surface area contributed by atoms with Gasteiger partial charge in [-0.1, -0.05) is 31.6 Å². The van der Waals surface area contributed by atoms with E-state index in [1.54, 1.807) is 0 Å². The van der Waals surface area contributed by atoms with Gasteiger partial charge >= 0.3 is 0 Å². The topological polar surface area (TPSA) is 40.9 Å². The summed E-state index contributed by atoms with van der Waals surface area (Å²) in [5, 5.41) is 9.00. The Kier molecular flexibility index (Phi) is 2.50. The maximum atomic E-state index is 12.1. The van der Waals surface area contributed by atoms with Gasteiger partial charge in [-0.05, 0) is 31.6 Å². The highest BCUT2D eigenvalue weighted by molar-refractivity contribution is 6.03. The van der Waals surface area contributed by atoms with Gasteiger partial charge in [-0.3, -0.25) is 4.79 Å². The second-order valence-corrected chi connectivity index (χ2v) is 5.50. The lowest BCUT2D eigenvalue weighted by Crippen LogP contribution is -2.42. The fourth-order valence-electron chi connectivity index (χ4n) is 3.00. The van der Waals surface area contributed by atoms with Crippen LogP contribution in [0.3, 0.4) is 0 Å². The van der Waals surface area contributed by atoms with Crippen molar-refractivity contribution in [2.24, 2.45) is 17.3 Å². The molecule has 0 N–H and O–H groups in total. The number of carbonyl (C=O) groups is 1. The number of allylic oxidation sites excluding steroid dienone is 4. The molecule has 84 valence electrons. The average molecular weight is 215 g/mol. The molecule has 0 spiro atoms. The Morgan fingerprint density at radius 3 is 2.81 bits per heavy atom. The maximum absolute atomic E-state index is 12.1. The predicted octanol–water partition coefficient (Wildman–Crippen LogP) is 3.02. The Labute approximate surface area is 96.6 Å². The van der Waals surface area contributed by atoms with Gasteiger partial charge in [-0.2, -0.15) is 5.26 Å². The Hall–Kier alpha value is -1.36. The summed E-state index contributed by atoms with van der Waals surface area (Å²) in [5.41, 5.74) is 1.35. The molecule has 2 nitrogen and oxygen atoms in total. The second kappa shape index (κ2) is 3.59. The quantitative estimate of drug-likeness (QED) is 0.583. The summed E-state index contributed by atoms with van der Waals surface area (Å²) in [6.07, 6.45) is 6.09. The van der Waals surface area contributed by atoms with Crippen LogP contribution in [-0.2, 0) is 4.79 Å². The minimum Gasteiger partial charge on any atom is -0.293 e. The van der Waals surface area contributed by atoms with Crippen LogP contribution in [0, 0.1) is 28.6 Å². The van der Waals surface area contributed by atoms with Crippen LogP contribution < -0.4 is 0 Å². The van der Waals surface area contributed by atoms with E-state index in [4.69, 9.17) is 5.26 Å². The fourth-order valence-corrected chi connectivity index (χ4v) is 3.00. The smallest absolute Gasteiger partial charge is 0.178 e. The van der Waals surface area contributed by atoms with E-state index in [0.29, 0.717) is 17.4 Å². The van der Waals surface area contributed by atoms with Gasteiger partial charge in [0, 0.05) is 5.41 Å². The van der Waals surface area contributed by atoms with Crippen molar-refractivity contribution in [3.05, 3.63) is 23.3 Å². The summed E-state index contributed by atoms with van der Waals surface area (Å²) in [5.74, 6) is 0.748. The third-order valence-corrected chi connectivity index (χ3v) is 4.05. The molecule has 0 amide bonds. The van der Waals surface area contributed by atoms with Crippen LogP contribution in [0.15, 0.2) is 23.3 Å². The molecule has 0 heterocycles. The van der Waals surface area contributed by atoms with E-state index in [9.17, 15) is 4.79 Å². The largest absolute Gasteiger partial charge is 0.293 e. The Bertz CT molecular complexity index is 434. The van der Waals surface area contributed by atoms with E-state index < -0.39 is 0 Å². The van der Waals surface area contributed by atoms with E-state index in [-0.39, 0.29) is 11.2 Å². The van der Waals surface area contributed by atoms with Gasteiger partial charge in [-0.25, -0.2) is 0 Å². The number of hydrogen-bond acceptors (Lipinski definition) is 2. The summed E-state index contributed by atoms with van der Waals surface area (Å²) in [6, 6.07) is 2.05. The van der Waals surface area contributed by atoms with E-state index >= 15 is 0 Å². The van der Waals surface area contributed by atoms with Crippen LogP contribution >= 0.6 is 0 Å². The van der Waals surface area contributed by atoms with Crippen molar-refractivity contribution in [3.63, 3.8) is 0 Å². The maximum Gasteiger partial charge on any atom is 0.178 e. The molecular formula is C14H17NO. The first-order valence-electron chi connectivity index (χ1n) is 5.79. The Morgan fingerprint density at radius 1 is 1.50 bits per heavy atom. The van der Waals surface area contributed by atoms with Gasteiger partial charge in [0.05, 0.1) is 5.57 Å². The van der Waals surface area contributed by atoms with Crippen LogP contribution in [0.25, 0.3) is 0 Å². The SMILES string of the molecule is CC1=CCC2C(C=C(C#N)C(=O)C2(C)C)C1. The third kappa shape index (κ3) is 1.51. The van der Waals surface area contributed by atoms with Gasteiger partial charge in [-0.15, -0.1) is 0 Å². The lowest BCUT2D eigenvalue weighted by atomic mass is 9.60. The highest BCUT2D eigenvalue weighted by Crippen LogP contribution is 2.47. The first-order valence-corrected chi connectivity index (χ1v) is 5.79. The summed E-state index contributed by atoms with van der Waals surface area (Å²) >= 11 is 0. The molecular weight excluding hydrogens is 198 g/mol. The van der Waals surface area contributed by atoms with E-state index in [2.05, 4.69) is 13.0 Å². The van der Waals surface area contributed by atoms with Crippen molar-refractivity contribution in [2.45, 2.75) is 33.6 Å². The van der Waals surface area contributed by atoms with Gasteiger partial charge < -0.3 is 0 Å². The minimum absolute atomic E-state index is 0.0178. The van der Waals surface area contributed by atoms with Crippen molar-refractivity contribution in [1.82, 2.24) is 0 Å². The molecule has 0 fully saturated rings. The van der Waals surface area contributed by atoms with E-state index in [1.807, 2.05) is 26.0 Å². The molecule has 2 atom stereocenters. The standard InChI is InChI=1S/C14H17NO/c1-9-4-5-12-10(6-9)7-11(8-15)13(16)14(12,2)3/h4,7,10,12H,5-6H2,1-3H3. The number of Topliss-reactive ketones (excluding diaryl/α,β-unsaturated/α-hetero) is 1. The molecule has 0 aromatic carbocycles. The van der Waals surface area contributed by atoms with Crippen molar-refractivity contribution in [2.75, 3.05) is 0 Å². The number of ketones is 1. The number of carbonyl (C=O) groups excluding carboxylic acids is 1. The Balaban J connectivity index is 2.45. The van der Waals surface area contributed by atoms with Crippen LogP contribution in [-0.4, -0.2) is 5.78 Å². The predicted molar refractivity (Wildman–Crippen MR) is 62.5 cm³/mol. The van der Waals surface area contributed by atoms with Crippen LogP contribution in [0.4, 0.5) is 0 Å². The molecule has 0 aromatic rings. The molecule has 0 aromatic heterocycles. The zero-order chi connectivity index (χ0) is 11.9. The minimum atomic E-state index is -0.387. The highest BCUT2D eigenvalue weighted by Gasteiger charge is 2.45. The summed E-state index contributed by atoms with van der Waals surface area (Å²) in [4.78, 5) is 12.1. The first-order chi connectivity index (χ1) is 7.46. The number of nitriles is 1. The van der Waals surface area contributed by atoms with Gasteiger partial charge in [0.15, 0.2) is 5.78 Å². The second-order valence-electron chi connectivity index (χ2n) is 5.50. The van der Waals surface area contributed by atoms with Crippen molar-refractivity contribution in [1.29, 1.82) is 5.26 Å². The number of nitrogens with zero attached hydrogens (tertiary/aromatic N) is 1. The number of hydrogen-bond donors (Lipinski definition) is 0. The normalized spacial score (nSPS) is 32.2. The van der Waals surface area contributed by atoms with Crippen LogP contribution in [0.2, 0.25) is 0 Å². The molecule has 0 saturated heterocycles. The molecule has 0 saturated carbocycles. The highest BCUT2D eigenvalue weighted by atomic mass is 16.1. The van der Waals surface area contributed by atoms with Crippen LogP contribution in [0.1, 0.15) is 33.6 Å². The fraction of sp³-hybridized carbons (Fsp3) is 0.571. The molecule has 2 aliphatic carbocycles. The molecule has 0 aliphatic heterocycles. The summed E-state index contributed by atoms with van der Waals surface area (Å²) < 4.78 is 0. The van der Waals surface area contributed by atoms with E-state index in [1.165, 1.54) is 5.57 Å². The molecule has 2 aliphatic rings. The van der Waals surface area contributed by atoms with Gasteiger partial charge in [0.1, 0.15) is 6.07 Å². The molecule has 2 rings (SSSR count). The molecule has 2 unspecified atom stereocenters.